The Balaban J connectivity index is 2.02. The minimum Gasteiger partial charge on any atom is -0.313 e. The first-order chi connectivity index (χ1) is 8.22. The third kappa shape index (κ3) is 2.76. The molecule has 0 amide bonds. The van der Waals surface area contributed by atoms with Gasteiger partial charge in [0.25, 0.3) is 0 Å². The van der Waals surface area contributed by atoms with E-state index in [4.69, 9.17) is 0 Å². The maximum atomic E-state index is 4.20. The van der Waals surface area contributed by atoms with Crippen LogP contribution in [0.25, 0.3) is 0 Å². The molecule has 0 bridgehead atoms. The zero-order chi connectivity index (χ0) is 12.3. The Morgan fingerprint density at radius 1 is 1.47 bits per heavy atom. The summed E-state index contributed by atoms with van der Waals surface area (Å²) in [4.78, 5) is 0. The van der Waals surface area contributed by atoms with Crippen molar-refractivity contribution in [3.63, 3.8) is 0 Å². The summed E-state index contributed by atoms with van der Waals surface area (Å²) in [6.07, 6.45) is 4.02. The molecule has 0 radical (unpaired) electrons. The second kappa shape index (κ2) is 5.47. The van der Waals surface area contributed by atoms with Gasteiger partial charge in [0.1, 0.15) is 0 Å². The topological polar surface area (TPSA) is 29.9 Å². The standard InChI is InChI=1S/C13H19N3S/c1-10-8-17-9-12(10)13(14-2)5-4-11-6-7-15-16(11)3/h6-9,13-14H,4-5H2,1-3H3. The first-order valence-corrected chi connectivity index (χ1v) is 6.83. The summed E-state index contributed by atoms with van der Waals surface area (Å²) in [6, 6.07) is 2.53. The van der Waals surface area contributed by atoms with E-state index in [-0.39, 0.29) is 0 Å². The van der Waals surface area contributed by atoms with E-state index >= 15 is 0 Å². The molecule has 17 heavy (non-hydrogen) atoms. The number of nitrogens with one attached hydrogen (secondary N) is 1. The molecule has 2 rings (SSSR count). The van der Waals surface area contributed by atoms with Crippen LogP contribution in [-0.2, 0) is 13.5 Å². The summed E-state index contributed by atoms with van der Waals surface area (Å²) in [6.45, 7) is 2.18. The number of hydrogen-bond donors (Lipinski definition) is 1. The van der Waals surface area contributed by atoms with Crippen LogP contribution in [0.15, 0.2) is 23.0 Å². The molecule has 0 saturated heterocycles. The molecule has 2 heterocycles. The van der Waals surface area contributed by atoms with Gasteiger partial charge in [-0.25, -0.2) is 0 Å². The molecular formula is C13H19N3S. The van der Waals surface area contributed by atoms with Gasteiger partial charge in [-0.05, 0) is 54.8 Å². The van der Waals surface area contributed by atoms with E-state index in [0.717, 1.165) is 12.8 Å². The van der Waals surface area contributed by atoms with E-state index in [9.17, 15) is 0 Å². The third-order valence-corrected chi connectivity index (χ3v) is 4.11. The number of thiophene rings is 1. The van der Waals surface area contributed by atoms with Crippen LogP contribution in [-0.4, -0.2) is 16.8 Å². The van der Waals surface area contributed by atoms with Crippen LogP contribution in [0.4, 0.5) is 0 Å². The van der Waals surface area contributed by atoms with Gasteiger partial charge in [0.15, 0.2) is 0 Å². The highest BCUT2D eigenvalue weighted by molar-refractivity contribution is 7.08. The second-order valence-electron chi connectivity index (χ2n) is 4.34. The summed E-state index contributed by atoms with van der Waals surface area (Å²) < 4.78 is 1.95. The van der Waals surface area contributed by atoms with Gasteiger partial charge in [0.05, 0.1) is 0 Å². The average Bonchev–Trinajstić information content (AvgIpc) is 2.90. The molecular weight excluding hydrogens is 230 g/mol. The fourth-order valence-corrected chi connectivity index (χ4v) is 3.03. The Hall–Kier alpha value is -1.13. The van der Waals surface area contributed by atoms with Crippen LogP contribution in [0.5, 0.6) is 0 Å². The molecule has 1 N–H and O–H groups in total. The van der Waals surface area contributed by atoms with Crippen LogP contribution >= 0.6 is 11.3 Å². The Labute approximate surface area is 106 Å². The van der Waals surface area contributed by atoms with Gasteiger partial charge < -0.3 is 5.32 Å². The summed E-state index contributed by atoms with van der Waals surface area (Å²) >= 11 is 1.78. The average molecular weight is 249 g/mol. The molecule has 0 fully saturated rings. The second-order valence-corrected chi connectivity index (χ2v) is 5.08. The molecule has 0 spiro atoms. The molecule has 0 aliphatic carbocycles. The van der Waals surface area contributed by atoms with Gasteiger partial charge in [-0.2, -0.15) is 16.4 Å². The molecule has 1 unspecified atom stereocenters. The normalized spacial score (nSPS) is 12.9. The lowest BCUT2D eigenvalue weighted by Gasteiger charge is -2.16. The van der Waals surface area contributed by atoms with E-state index in [1.54, 1.807) is 11.3 Å². The number of nitrogens with zero attached hydrogens (tertiary/aromatic N) is 2. The summed E-state index contributed by atoms with van der Waals surface area (Å²) in [5.74, 6) is 0. The molecule has 3 nitrogen and oxygen atoms in total. The van der Waals surface area contributed by atoms with Crippen LogP contribution in [0, 0.1) is 6.92 Å². The molecule has 0 aliphatic rings. The molecule has 2 aromatic heterocycles. The maximum Gasteiger partial charge on any atom is 0.0492 e. The minimum absolute atomic E-state index is 0.441. The monoisotopic (exact) mass is 249 g/mol. The van der Waals surface area contributed by atoms with E-state index in [1.807, 2.05) is 25.0 Å². The lowest BCUT2D eigenvalue weighted by atomic mass is 10.0. The van der Waals surface area contributed by atoms with Gasteiger partial charge in [-0.3, -0.25) is 4.68 Å². The predicted octanol–water partition coefficient (Wildman–Crippen LogP) is 2.68. The molecule has 92 valence electrons. The van der Waals surface area contributed by atoms with Crippen LogP contribution in [0.3, 0.4) is 0 Å². The van der Waals surface area contributed by atoms with Crippen molar-refractivity contribution >= 4 is 11.3 Å². The summed E-state index contributed by atoms with van der Waals surface area (Å²) in [5.41, 5.74) is 4.11. The van der Waals surface area contributed by atoms with Crippen LogP contribution in [0.2, 0.25) is 0 Å². The highest BCUT2D eigenvalue weighted by Gasteiger charge is 2.13. The SMILES string of the molecule is CNC(CCc1ccnn1C)c1cscc1C. The first-order valence-electron chi connectivity index (χ1n) is 5.89. The van der Waals surface area contributed by atoms with Crippen LogP contribution < -0.4 is 5.32 Å². The lowest BCUT2D eigenvalue weighted by molar-refractivity contribution is 0.535. The fourth-order valence-electron chi connectivity index (χ4n) is 2.12. The van der Waals surface area contributed by atoms with Gasteiger partial charge in [0, 0.05) is 25.0 Å². The smallest absolute Gasteiger partial charge is 0.0492 e. The zero-order valence-corrected chi connectivity index (χ0v) is 11.4. The molecule has 0 saturated carbocycles. The zero-order valence-electron chi connectivity index (χ0n) is 10.6. The van der Waals surface area contributed by atoms with Crippen molar-refractivity contribution in [2.45, 2.75) is 25.8 Å². The van der Waals surface area contributed by atoms with E-state index in [2.05, 4.69) is 34.2 Å². The number of aryl methyl sites for hydroxylation is 3. The van der Waals surface area contributed by atoms with Crippen molar-refractivity contribution in [1.29, 1.82) is 0 Å². The summed E-state index contributed by atoms with van der Waals surface area (Å²) in [7, 11) is 4.03. The highest BCUT2D eigenvalue weighted by Crippen LogP contribution is 2.25. The van der Waals surface area contributed by atoms with E-state index in [0.29, 0.717) is 6.04 Å². The van der Waals surface area contributed by atoms with Gasteiger partial charge in [-0.15, -0.1) is 0 Å². The van der Waals surface area contributed by atoms with Crippen molar-refractivity contribution in [2.75, 3.05) is 7.05 Å². The molecule has 4 heteroatoms. The highest BCUT2D eigenvalue weighted by atomic mass is 32.1. The van der Waals surface area contributed by atoms with Gasteiger partial charge in [0.2, 0.25) is 0 Å². The van der Waals surface area contributed by atoms with Crippen molar-refractivity contribution in [3.8, 4) is 0 Å². The number of aromatic nitrogens is 2. The lowest BCUT2D eigenvalue weighted by Crippen LogP contribution is -2.17. The van der Waals surface area contributed by atoms with Crippen molar-refractivity contribution in [2.24, 2.45) is 7.05 Å². The Morgan fingerprint density at radius 3 is 2.82 bits per heavy atom. The predicted molar refractivity (Wildman–Crippen MR) is 72.4 cm³/mol. The molecule has 1 atom stereocenters. The Bertz CT molecular complexity index is 472. The quantitative estimate of drug-likeness (QED) is 0.883. The van der Waals surface area contributed by atoms with Gasteiger partial charge in [-0.1, -0.05) is 0 Å². The molecule has 2 aromatic rings. The summed E-state index contributed by atoms with van der Waals surface area (Å²) in [5, 5.41) is 12.1. The first kappa shape index (κ1) is 12.3. The van der Waals surface area contributed by atoms with Crippen molar-refractivity contribution in [3.05, 3.63) is 39.8 Å². The van der Waals surface area contributed by atoms with E-state index in [1.165, 1.54) is 16.8 Å². The maximum absolute atomic E-state index is 4.20. The molecule has 0 aromatic carbocycles. The fraction of sp³-hybridized carbons (Fsp3) is 0.462. The minimum atomic E-state index is 0.441. The number of hydrogen-bond acceptors (Lipinski definition) is 3. The Morgan fingerprint density at radius 2 is 2.29 bits per heavy atom. The third-order valence-electron chi connectivity index (χ3n) is 3.23. The molecule has 0 aliphatic heterocycles. The Kier molecular flexibility index (Phi) is 3.97. The van der Waals surface area contributed by atoms with Gasteiger partial charge >= 0.3 is 0 Å². The van der Waals surface area contributed by atoms with Crippen LogP contribution in [0.1, 0.15) is 29.3 Å². The van der Waals surface area contributed by atoms with E-state index < -0.39 is 0 Å². The van der Waals surface area contributed by atoms with Crippen molar-refractivity contribution < 1.29 is 0 Å². The van der Waals surface area contributed by atoms with Crippen molar-refractivity contribution in [1.82, 2.24) is 15.1 Å². The number of rotatable bonds is 5. The largest absolute Gasteiger partial charge is 0.313 e.